The Morgan fingerprint density at radius 2 is 2.46 bits per heavy atom. The second-order valence-electron chi connectivity index (χ2n) is 2.91. The number of nitrogens with zero attached hydrogens (tertiary/aromatic N) is 1. The van der Waals surface area contributed by atoms with Crippen LogP contribution in [-0.2, 0) is 0 Å². The number of rotatable bonds is 4. The minimum atomic E-state index is 0.177. The Balaban J connectivity index is 2.58. The van der Waals surface area contributed by atoms with Crippen LogP contribution in [0.2, 0.25) is 5.02 Å². The number of halogens is 1. The lowest BCUT2D eigenvalue weighted by Gasteiger charge is -2.14. The van der Waals surface area contributed by atoms with Crippen molar-refractivity contribution < 1.29 is 5.11 Å². The molecule has 1 aromatic heterocycles. The second-order valence-corrected chi connectivity index (χ2v) is 3.32. The first kappa shape index (κ1) is 10.3. The minimum Gasteiger partial charge on any atom is -0.396 e. The molecule has 0 unspecified atom stereocenters. The van der Waals surface area contributed by atoms with Crippen LogP contribution < -0.4 is 5.32 Å². The van der Waals surface area contributed by atoms with Gasteiger partial charge < -0.3 is 10.4 Å². The van der Waals surface area contributed by atoms with Gasteiger partial charge in [0.05, 0.1) is 10.7 Å². The van der Waals surface area contributed by atoms with Gasteiger partial charge in [-0.3, -0.25) is 4.98 Å². The van der Waals surface area contributed by atoms with Crippen LogP contribution in [0.3, 0.4) is 0 Å². The Kier molecular flexibility index (Phi) is 3.99. The first-order valence-electron chi connectivity index (χ1n) is 4.21. The summed E-state index contributed by atoms with van der Waals surface area (Å²) in [6.07, 6.45) is 3.98. The fourth-order valence-corrected chi connectivity index (χ4v) is 1.20. The van der Waals surface area contributed by atoms with E-state index in [2.05, 4.69) is 10.3 Å². The van der Waals surface area contributed by atoms with E-state index in [9.17, 15) is 0 Å². The molecular weight excluding hydrogens is 188 g/mol. The van der Waals surface area contributed by atoms with Crippen LogP contribution in [0.25, 0.3) is 0 Å². The molecule has 0 bridgehead atoms. The maximum absolute atomic E-state index is 8.70. The van der Waals surface area contributed by atoms with Crippen LogP contribution in [0.15, 0.2) is 18.5 Å². The van der Waals surface area contributed by atoms with Crippen LogP contribution in [0.5, 0.6) is 0 Å². The minimum absolute atomic E-state index is 0.177. The van der Waals surface area contributed by atoms with Gasteiger partial charge in [0.15, 0.2) is 0 Å². The number of nitrogens with one attached hydrogen (secondary N) is 1. The molecule has 3 nitrogen and oxygen atoms in total. The molecule has 0 aliphatic heterocycles. The molecule has 13 heavy (non-hydrogen) atoms. The molecule has 0 aliphatic rings. The predicted molar refractivity (Wildman–Crippen MR) is 54.0 cm³/mol. The molecule has 0 saturated carbocycles. The lowest BCUT2D eigenvalue weighted by molar-refractivity contribution is 0.282. The average Bonchev–Trinajstić information content (AvgIpc) is 2.09. The number of anilines is 1. The normalized spacial score (nSPS) is 12.5. The van der Waals surface area contributed by atoms with Crippen LogP contribution in [-0.4, -0.2) is 22.7 Å². The molecule has 0 amide bonds. The largest absolute Gasteiger partial charge is 0.396 e. The van der Waals surface area contributed by atoms with E-state index in [1.54, 1.807) is 12.4 Å². The van der Waals surface area contributed by atoms with Crippen LogP contribution >= 0.6 is 11.6 Å². The lowest BCUT2D eigenvalue weighted by Crippen LogP contribution is -2.16. The summed E-state index contributed by atoms with van der Waals surface area (Å²) in [7, 11) is 0. The molecule has 0 aliphatic carbocycles. The zero-order valence-electron chi connectivity index (χ0n) is 7.50. The van der Waals surface area contributed by atoms with E-state index >= 15 is 0 Å². The van der Waals surface area contributed by atoms with Gasteiger partial charge in [-0.1, -0.05) is 11.6 Å². The van der Waals surface area contributed by atoms with Gasteiger partial charge in [-0.15, -0.1) is 0 Å². The SMILES string of the molecule is C[C@@H](CCO)Nc1ccncc1Cl. The summed E-state index contributed by atoms with van der Waals surface area (Å²) in [5, 5.41) is 12.5. The van der Waals surface area contributed by atoms with Crippen LogP contribution in [0.1, 0.15) is 13.3 Å². The van der Waals surface area contributed by atoms with E-state index in [4.69, 9.17) is 16.7 Å². The van der Waals surface area contributed by atoms with Crippen molar-refractivity contribution in [3.63, 3.8) is 0 Å². The summed E-state index contributed by atoms with van der Waals surface area (Å²) in [5.41, 5.74) is 0.859. The van der Waals surface area contributed by atoms with Crippen molar-refractivity contribution in [2.75, 3.05) is 11.9 Å². The molecule has 0 aromatic carbocycles. The summed E-state index contributed by atoms with van der Waals surface area (Å²) < 4.78 is 0. The predicted octanol–water partition coefficient (Wildman–Crippen LogP) is 1.92. The van der Waals surface area contributed by atoms with Crippen molar-refractivity contribution in [2.24, 2.45) is 0 Å². The third kappa shape index (κ3) is 3.20. The Morgan fingerprint density at radius 3 is 3.08 bits per heavy atom. The van der Waals surface area contributed by atoms with Crippen LogP contribution in [0, 0.1) is 0 Å². The number of aliphatic hydroxyl groups is 1. The van der Waals surface area contributed by atoms with Gasteiger partial charge in [-0.05, 0) is 19.4 Å². The van der Waals surface area contributed by atoms with E-state index in [-0.39, 0.29) is 12.6 Å². The van der Waals surface area contributed by atoms with Crippen molar-refractivity contribution in [1.29, 1.82) is 0 Å². The monoisotopic (exact) mass is 200 g/mol. The van der Waals surface area contributed by atoms with E-state index in [0.717, 1.165) is 5.69 Å². The molecule has 72 valence electrons. The van der Waals surface area contributed by atoms with Gasteiger partial charge >= 0.3 is 0 Å². The summed E-state index contributed by atoms with van der Waals surface area (Å²) in [5.74, 6) is 0. The average molecular weight is 201 g/mol. The zero-order chi connectivity index (χ0) is 9.68. The van der Waals surface area contributed by atoms with Gasteiger partial charge in [0.1, 0.15) is 0 Å². The maximum atomic E-state index is 8.70. The van der Waals surface area contributed by atoms with E-state index in [1.807, 2.05) is 13.0 Å². The fraction of sp³-hybridized carbons (Fsp3) is 0.444. The zero-order valence-corrected chi connectivity index (χ0v) is 8.25. The van der Waals surface area contributed by atoms with Crippen molar-refractivity contribution >= 4 is 17.3 Å². The number of aliphatic hydroxyl groups excluding tert-OH is 1. The van der Waals surface area contributed by atoms with Crippen molar-refractivity contribution in [1.82, 2.24) is 4.98 Å². The number of aromatic nitrogens is 1. The van der Waals surface area contributed by atoms with Crippen molar-refractivity contribution in [2.45, 2.75) is 19.4 Å². The molecule has 1 heterocycles. The molecule has 4 heteroatoms. The smallest absolute Gasteiger partial charge is 0.0820 e. The Hall–Kier alpha value is -0.800. The summed E-state index contributed by atoms with van der Waals surface area (Å²) in [6, 6.07) is 2.03. The topological polar surface area (TPSA) is 45.1 Å². The number of hydrogen-bond donors (Lipinski definition) is 2. The highest BCUT2D eigenvalue weighted by Gasteiger charge is 2.03. The Bertz CT molecular complexity index is 268. The molecule has 1 atom stereocenters. The van der Waals surface area contributed by atoms with Gasteiger partial charge in [-0.2, -0.15) is 0 Å². The molecule has 0 saturated heterocycles. The Labute approximate surface area is 82.8 Å². The number of pyridine rings is 1. The standard InChI is InChI=1S/C9H13ClN2O/c1-7(3-5-13)12-9-2-4-11-6-8(9)10/h2,4,6-7,13H,3,5H2,1H3,(H,11,12)/t7-/m0/s1. The summed E-state index contributed by atoms with van der Waals surface area (Å²) >= 11 is 5.88. The van der Waals surface area contributed by atoms with Gasteiger partial charge in [0.2, 0.25) is 0 Å². The van der Waals surface area contributed by atoms with Crippen LogP contribution in [0.4, 0.5) is 5.69 Å². The highest BCUT2D eigenvalue weighted by Crippen LogP contribution is 2.20. The Morgan fingerprint density at radius 1 is 1.69 bits per heavy atom. The van der Waals surface area contributed by atoms with Crippen molar-refractivity contribution in [3.05, 3.63) is 23.5 Å². The molecule has 2 N–H and O–H groups in total. The highest BCUT2D eigenvalue weighted by molar-refractivity contribution is 6.33. The first-order valence-corrected chi connectivity index (χ1v) is 4.58. The van der Waals surface area contributed by atoms with E-state index in [1.165, 1.54) is 0 Å². The van der Waals surface area contributed by atoms with Gasteiger partial charge in [0, 0.05) is 25.0 Å². The van der Waals surface area contributed by atoms with Gasteiger partial charge in [-0.25, -0.2) is 0 Å². The highest BCUT2D eigenvalue weighted by atomic mass is 35.5. The third-order valence-corrected chi connectivity index (χ3v) is 2.04. The molecule has 1 aromatic rings. The van der Waals surface area contributed by atoms with Crippen molar-refractivity contribution in [3.8, 4) is 0 Å². The summed E-state index contributed by atoms with van der Waals surface area (Å²) in [4.78, 5) is 3.88. The molecule has 1 rings (SSSR count). The molecule has 0 radical (unpaired) electrons. The molecule has 0 spiro atoms. The van der Waals surface area contributed by atoms with E-state index in [0.29, 0.717) is 11.4 Å². The molecule has 0 fully saturated rings. The van der Waals surface area contributed by atoms with E-state index < -0.39 is 0 Å². The van der Waals surface area contributed by atoms with Gasteiger partial charge in [0.25, 0.3) is 0 Å². The lowest BCUT2D eigenvalue weighted by atomic mass is 10.2. The maximum Gasteiger partial charge on any atom is 0.0820 e. The third-order valence-electron chi connectivity index (χ3n) is 1.74. The number of hydrogen-bond acceptors (Lipinski definition) is 3. The molecular formula is C9H13ClN2O. The quantitative estimate of drug-likeness (QED) is 0.781. The first-order chi connectivity index (χ1) is 6.24. The fourth-order valence-electron chi connectivity index (χ4n) is 1.02. The second kappa shape index (κ2) is 5.04. The summed E-state index contributed by atoms with van der Waals surface area (Å²) in [6.45, 7) is 2.17.